The molecule has 1 aromatic rings. The second-order valence-electron chi connectivity index (χ2n) is 5.53. The van der Waals surface area contributed by atoms with E-state index in [0.717, 1.165) is 0 Å². The molecule has 1 fully saturated rings. The fraction of sp³-hybridized carbons (Fsp3) is 0.533. The van der Waals surface area contributed by atoms with Gasteiger partial charge in [-0.05, 0) is 17.7 Å². The molecule has 0 radical (unpaired) electrons. The van der Waals surface area contributed by atoms with Crippen LogP contribution in [0.25, 0.3) is 0 Å². The zero-order chi connectivity index (χ0) is 17.9. The summed E-state index contributed by atoms with van der Waals surface area (Å²) in [4.78, 5) is 11.4. The second kappa shape index (κ2) is 7.88. The minimum atomic E-state index is -1.68. The summed E-state index contributed by atoms with van der Waals surface area (Å²) in [6.07, 6.45) is -9.07. The first-order valence-corrected chi connectivity index (χ1v) is 7.30. The summed E-state index contributed by atoms with van der Waals surface area (Å²) in [7, 11) is 0. The van der Waals surface area contributed by atoms with Crippen LogP contribution in [0, 0.1) is 0 Å². The minimum Gasteiger partial charge on any atom is -0.508 e. The van der Waals surface area contributed by atoms with Gasteiger partial charge in [-0.15, -0.1) is 0 Å². The fourth-order valence-corrected chi connectivity index (χ4v) is 2.38. The number of aromatic hydroxyl groups is 1. The molecule has 9 nitrogen and oxygen atoms in total. The first-order chi connectivity index (χ1) is 11.3. The molecule has 24 heavy (non-hydrogen) atoms. The van der Waals surface area contributed by atoms with E-state index in [1.165, 1.54) is 24.3 Å². The zero-order valence-corrected chi connectivity index (χ0v) is 12.6. The van der Waals surface area contributed by atoms with Gasteiger partial charge in [0.15, 0.2) is 12.4 Å². The van der Waals surface area contributed by atoms with Crippen molar-refractivity contribution in [2.45, 2.75) is 43.2 Å². The highest BCUT2D eigenvalue weighted by Gasteiger charge is 2.45. The number of hydrogen-bond acceptors (Lipinski definition) is 8. The van der Waals surface area contributed by atoms with Crippen LogP contribution in [0.4, 0.5) is 0 Å². The average molecular weight is 344 g/mol. The molecular weight excluding hydrogens is 324 g/mol. The molecule has 0 aromatic heterocycles. The Hall–Kier alpha value is -1.75. The van der Waals surface area contributed by atoms with Gasteiger partial charge in [0.1, 0.15) is 30.2 Å². The number of phenolic OH excluding ortho intramolecular Hbond substituents is 1. The summed E-state index contributed by atoms with van der Waals surface area (Å²) in [5.41, 5.74) is 0.560. The van der Waals surface area contributed by atoms with Gasteiger partial charge in [-0.3, -0.25) is 0 Å². The van der Waals surface area contributed by atoms with Gasteiger partial charge >= 0.3 is 5.97 Å². The number of rotatable bonds is 6. The Kier molecular flexibility index (Phi) is 6.10. The van der Waals surface area contributed by atoms with Gasteiger partial charge in [0.25, 0.3) is 0 Å². The number of aliphatic hydroxyl groups is 4. The van der Waals surface area contributed by atoms with E-state index in [0.29, 0.717) is 5.56 Å². The van der Waals surface area contributed by atoms with Crippen molar-refractivity contribution < 1.29 is 44.9 Å². The van der Waals surface area contributed by atoms with Crippen LogP contribution in [0.2, 0.25) is 0 Å². The number of ether oxygens (including phenoxy) is 2. The maximum Gasteiger partial charge on any atom is 0.333 e. The molecule has 134 valence electrons. The van der Waals surface area contributed by atoms with Gasteiger partial charge in [0, 0.05) is 6.42 Å². The van der Waals surface area contributed by atoms with Crippen LogP contribution in [-0.2, 0) is 20.7 Å². The molecule has 0 amide bonds. The quantitative estimate of drug-likeness (QED) is 0.350. The topological polar surface area (TPSA) is 157 Å². The van der Waals surface area contributed by atoms with Gasteiger partial charge < -0.3 is 40.1 Å². The minimum absolute atomic E-state index is 0.0282. The van der Waals surface area contributed by atoms with E-state index in [1.54, 1.807) is 0 Å². The van der Waals surface area contributed by atoms with Crippen LogP contribution in [0.3, 0.4) is 0 Å². The van der Waals surface area contributed by atoms with Crippen LogP contribution < -0.4 is 0 Å². The summed E-state index contributed by atoms with van der Waals surface area (Å²) in [6, 6.07) is 5.81. The van der Waals surface area contributed by atoms with Gasteiger partial charge in [0.2, 0.25) is 0 Å². The van der Waals surface area contributed by atoms with Crippen molar-refractivity contribution in [2.75, 3.05) is 6.61 Å². The Labute approximate surface area is 137 Å². The third-order valence-corrected chi connectivity index (χ3v) is 3.78. The van der Waals surface area contributed by atoms with Crippen molar-refractivity contribution in [3.63, 3.8) is 0 Å². The zero-order valence-electron chi connectivity index (χ0n) is 12.6. The molecule has 1 unspecified atom stereocenters. The van der Waals surface area contributed by atoms with Crippen molar-refractivity contribution >= 4 is 5.97 Å². The van der Waals surface area contributed by atoms with Gasteiger partial charge in [-0.25, -0.2) is 4.79 Å². The Balaban J connectivity index is 2.08. The Morgan fingerprint density at radius 1 is 1.12 bits per heavy atom. The predicted molar refractivity (Wildman–Crippen MR) is 78.1 cm³/mol. The van der Waals surface area contributed by atoms with E-state index in [4.69, 9.17) is 14.6 Å². The molecule has 9 heteroatoms. The van der Waals surface area contributed by atoms with E-state index in [-0.39, 0.29) is 12.2 Å². The molecule has 1 aliphatic heterocycles. The van der Waals surface area contributed by atoms with Crippen LogP contribution in [-0.4, -0.2) is 80.0 Å². The van der Waals surface area contributed by atoms with Gasteiger partial charge in [0.05, 0.1) is 6.61 Å². The molecule has 6 N–H and O–H groups in total. The van der Waals surface area contributed by atoms with Crippen molar-refractivity contribution in [3.8, 4) is 5.75 Å². The van der Waals surface area contributed by atoms with Crippen LogP contribution in [0.5, 0.6) is 5.75 Å². The number of carboxylic acids is 1. The Morgan fingerprint density at radius 2 is 1.75 bits per heavy atom. The molecule has 1 aromatic carbocycles. The SMILES string of the molecule is O=C(O)C(Cc1ccc(O)cc1)O[C@@H]1O[C@H](CO)[C@@H](O)[C@H](O)[C@H]1O. The predicted octanol–water partition coefficient (Wildman–Crippen LogP) is -1.80. The van der Waals surface area contributed by atoms with E-state index in [9.17, 15) is 30.3 Å². The van der Waals surface area contributed by atoms with E-state index in [2.05, 4.69) is 0 Å². The Morgan fingerprint density at radius 3 is 2.29 bits per heavy atom. The number of hydrogen-bond donors (Lipinski definition) is 6. The lowest BCUT2D eigenvalue weighted by molar-refractivity contribution is -0.309. The van der Waals surface area contributed by atoms with Crippen LogP contribution in [0.1, 0.15) is 5.56 Å². The number of carbonyl (C=O) groups is 1. The van der Waals surface area contributed by atoms with Gasteiger partial charge in [-0.2, -0.15) is 0 Å². The molecule has 1 aliphatic rings. The molecule has 0 saturated carbocycles. The summed E-state index contributed by atoms with van der Waals surface area (Å²) in [5, 5.41) is 56.9. The lowest BCUT2D eigenvalue weighted by atomic mass is 9.99. The third-order valence-electron chi connectivity index (χ3n) is 3.78. The number of aliphatic hydroxyl groups excluding tert-OH is 4. The molecule has 6 atom stereocenters. The van der Waals surface area contributed by atoms with E-state index in [1.807, 2.05) is 0 Å². The summed E-state index contributed by atoms with van der Waals surface area (Å²) in [6.45, 7) is -0.638. The maximum atomic E-state index is 11.4. The smallest absolute Gasteiger partial charge is 0.333 e. The number of aliphatic carboxylic acids is 1. The second-order valence-corrected chi connectivity index (χ2v) is 5.53. The first kappa shape index (κ1) is 18.6. The first-order valence-electron chi connectivity index (χ1n) is 7.30. The molecule has 0 spiro atoms. The number of benzene rings is 1. The van der Waals surface area contributed by atoms with Crippen LogP contribution >= 0.6 is 0 Å². The fourth-order valence-electron chi connectivity index (χ4n) is 2.38. The maximum absolute atomic E-state index is 11.4. The average Bonchev–Trinajstić information content (AvgIpc) is 2.56. The molecular formula is C15H20O9. The summed E-state index contributed by atoms with van der Waals surface area (Å²) < 4.78 is 10.4. The van der Waals surface area contributed by atoms with Crippen molar-refractivity contribution in [3.05, 3.63) is 29.8 Å². The van der Waals surface area contributed by atoms with E-state index >= 15 is 0 Å². The standard InChI is InChI=1S/C15H20O9/c16-6-10-11(18)12(19)13(20)15(24-10)23-9(14(21)22)5-7-1-3-8(17)4-2-7/h1-4,9-13,15-20H,5-6H2,(H,21,22)/t9?,10-,11-,12+,13-,15-/m1/s1. The third kappa shape index (κ3) is 4.20. The Bertz CT molecular complexity index is 544. The molecule has 2 rings (SSSR count). The normalized spacial score (nSPS) is 31.6. The van der Waals surface area contributed by atoms with Crippen molar-refractivity contribution in [2.24, 2.45) is 0 Å². The molecule has 0 aliphatic carbocycles. The van der Waals surface area contributed by atoms with Crippen molar-refractivity contribution in [1.82, 2.24) is 0 Å². The number of carboxylic acid groups (broad SMARTS) is 1. The summed E-state index contributed by atoms with van der Waals surface area (Å²) in [5.74, 6) is -1.29. The lowest BCUT2D eigenvalue weighted by Crippen LogP contribution is -2.60. The summed E-state index contributed by atoms with van der Waals surface area (Å²) >= 11 is 0. The molecule has 1 saturated heterocycles. The molecule has 1 heterocycles. The highest BCUT2D eigenvalue weighted by Crippen LogP contribution is 2.24. The van der Waals surface area contributed by atoms with Gasteiger partial charge in [-0.1, -0.05) is 12.1 Å². The largest absolute Gasteiger partial charge is 0.508 e. The highest BCUT2D eigenvalue weighted by atomic mass is 16.7. The highest BCUT2D eigenvalue weighted by molar-refractivity contribution is 5.72. The lowest BCUT2D eigenvalue weighted by Gasteiger charge is -2.40. The monoisotopic (exact) mass is 344 g/mol. The van der Waals surface area contributed by atoms with Crippen LogP contribution in [0.15, 0.2) is 24.3 Å². The molecule has 0 bridgehead atoms. The van der Waals surface area contributed by atoms with E-state index < -0.39 is 49.4 Å². The van der Waals surface area contributed by atoms with Crippen molar-refractivity contribution in [1.29, 1.82) is 0 Å². The number of phenols is 1.